The number of nitrogens with zero attached hydrogens (tertiary/aromatic N) is 2. The molecule has 0 aliphatic carbocycles. The van der Waals surface area contributed by atoms with E-state index in [0.717, 1.165) is 0 Å². The van der Waals surface area contributed by atoms with Gasteiger partial charge in [-0.05, 0) is 13.3 Å². The molecule has 1 unspecified atom stereocenters. The van der Waals surface area contributed by atoms with Crippen molar-refractivity contribution in [3.8, 4) is 0 Å². The van der Waals surface area contributed by atoms with Crippen LogP contribution in [0.5, 0.6) is 0 Å². The van der Waals surface area contributed by atoms with E-state index in [0.29, 0.717) is 18.0 Å². The highest BCUT2D eigenvalue weighted by Gasteiger charge is 2.17. The highest BCUT2D eigenvalue weighted by molar-refractivity contribution is 6.30. The number of rotatable bonds is 4. The Hall–Kier alpha value is -0.580. The molecular weight excluding hydrogens is 190 g/mol. The van der Waals surface area contributed by atoms with Crippen LogP contribution in [0.3, 0.4) is 0 Å². The first-order valence-corrected chi connectivity index (χ1v) is 4.52. The normalized spacial score (nSPS) is 15.7. The lowest BCUT2D eigenvalue weighted by Crippen LogP contribution is -2.35. The first-order chi connectivity index (χ1) is 6.03. The van der Waals surface area contributed by atoms with Crippen molar-refractivity contribution in [1.82, 2.24) is 9.78 Å². The minimum Gasteiger partial charge on any atom is -0.389 e. The lowest BCUT2D eigenvalue weighted by Gasteiger charge is -2.20. The molecule has 0 aliphatic rings. The highest BCUT2D eigenvalue weighted by atomic mass is 35.5. The molecule has 74 valence electrons. The molecule has 5 heteroatoms. The van der Waals surface area contributed by atoms with E-state index in [9.17, 15) is 5.11 Å². The molecule has 0 spiro atoms. The maximum absolute atomic E-state index is 9.59. The van der Waals surface area contributed by atoms with Gasteiger partial charge in [0.2, 0.25) is 0 Å². The van der Waals surface area contributed by atoms with Crippen LogP contribution in [-0.2, 0) is 6.54 Å². The van der Waals surface area contributed by atoms with Gasteiger partial charge in [-0.3, -0.25) is 4.68 Å². The third kappa shape index (κ3) is 3.34. The molecule has 0 saturated carbocycles. The van der Waals surface area contributed by atoms with E-state index in [1.807, 2.05) is 0 Å². The zero-order valence-corrected chi connectivity index (χ0v) is 8.33. The Morgan fingerprint density at radius 1 is 1.77 bits per heavy atom. The number of nitrogens with two attached hydrogens (primary N) is 1. The minimum atomic E-state index is -0.821. The summed E-state index contributed by atoms with van der Waals surface area (Å²) in [5.74, 6) is 0. The number of hydrogen-bond acceptors (Lipinski definition) is 3. The summed E-state index contributed by atoms with van der Waals surface area (Å²) in [6.07, 6.45) is 3.86. The van der Waals surface area contributed by atoms with Crippen LogP contribution < -0.4 is 5.73 Å². The van der Waals surface area contributed by atoms with Crippen LogP contribution in [0.15, 0.2) is 12.4 Å². The van der Waals surface area contributed by atoms with Crippen molar-refractivity contribution < 1.29 is 5.11 Å². The Bertz CT molecular complexity index is 272. The van der Waals surface area contributed by atoms with Gasteiger partial charge in [-0.1, -0.05) is 11.6 Å². The van der Waals surface area contributed by atoms with E-state index in [2.05, 4.69) is 5.10 Å². The molecule has 1 heterocycles. The van der Waals surface area contributed by atoms with E-state index in [1.165, 1.54) is 0 Å². The fraction of sp³-hybridized carbons (Fsp3) is 0.625. The maximum Gasteiger partial charge on any atom is 0.0785 e. The molecular formula is C8H14ClN3O. The monoisotopic (exact) mass is 203 g/mol. The van der Waals surface area contributed by atoms with E-state index in [1.54, 1.807) is 24.0 Å². The molecule has 13 heavy (non-hydrogen) atoms. The SMILES string of the molecule is CC(O)(CN)CCn1cc(Cl)cn1. The van der Waals surface area contributed by atoms with Crippen LogP contribution in [0, 0.1) is 0 Å². The van der Waals surface area contributed by atoms with Crippen molar-refractivity contribution in [2.45, 2.75) is 25.5 Å². The van der Waals surface area contributed by atoms with Gasteiger partial charge in [0.05, 0.1) is 16.8 Å². The standard InChI is InChI=1S/C8H14ClN3O/c1-8(13,6-10)2-3-12-5-7(9)4-11-12/h4-5,13H,2-3,6,10H2,1H3. The molecule has 3 N–H and O–H groups in total. The summed E-state index contributed by atoms with van der Waals surface area (Å²) in [6.45, 7) is 2.58. The molecule has 0 fully saturated rings. The summed E-state index contributed by atoms with van der Waals surface area (Å²) in [4.78, 5) is 0. The van der Waals surface area contributed by atoms with E-state index in [-0.39, 0.29) is 6.54 Å². The number of aromatic nitrogens is 2. The van der Waals surface area contributed by atoms with Gasteiger partial charge in [-0.2, -0.15) is 5.10 Å². The van der Waals surface area contributed by atoms with E-state index < -0.39 is 5.60 Å². The first kappa shape index (κ1) is 10.5. The summed E-state index contributed by atoms with van der Waals surface area (Å²) >= 11 is 5.67. The lowest BCUT2D eigenvalue weighted by atomic mass is 10.0. The molecule has 4 nitrogen and oxygen atoms in total. The first-order valence-electron chi connectivity index (χ1n) is 4.14. The zero-order valence-electron chi connectivity index (χ0n) is 7.57. The quantitative estimate of drug-likeness (QED) is 0.755. The second-order valence-electron chi connectivity index (χ2n) is 3.37. The molecule has 1 aromatic heterocycles. The Kier molecular flexibility index (Phi) is 3.30. The van der Waals surface area contributed by atoms with Crippen molar-refractivity contribution in [1.29, 1.82) is 0 Å². The third-order valence-electron chi connectivity index (χ3n) is 1.92. The average molecular weight is 204 g/mol. The predicted molar refractivity (Wildman–Crippen MR) is 51.5 cm³/mol. The largest absolute Gasteiger partial charge is 0.389 e. The third-order valence-corrected chi connectivity index (χ3v) is 2.12. The highest BCUT2D eigenvalue weighted by Crippen LogP contribution is 2.10. The second kappa shape index (κ2) is 4.09. The van der Waals surface area contributed by atoms with Crippen LogP contribution in [0.4, 0.5) is 0 Å². The zero-order chi connectivity index (χ0) is 9.90. The van der Waals surface area contributed by atoms with E-state index >= 15 is 0 Å². The van der Waals surface area contributed by atoms with Crippen molar-refractivity contribution in [3.05, 3.63) is 17.4 Å². The van der Waals surface area contributed by atoms with Gasteiger partial charge < -0.3 is 10.8 Å². The molecule has 0 amide bonds. The Morgan fingerprint density at radius 3 is 2.92 bits per heavy atom. The average Bonchev–Trinajstić information content (AvgIpc) is 2.48. The topological polar surface area (TPSA) is 64.1 Å². The Labute approximate surface area is 82.3 Å². The molecule has 1 atom stereocenters. The van der Waals surface area contributed by atoms with Gasteiger partial charge in [0.15, 0.2) is 0 Å². The van der Waals surface area contributed by atoms with Crippen molar-refractivity contribution in [3.63, 3.8) is 0 Å². The predicted octanol–water partition coefficient (Wildman–Crippen LogP) is 0.636. The molecule has 0 saturated heterocycles. The summed E-state index contributed by atoms with van der Waals surface area (Å²) < 4.78 is 1.69. The van der Waals surface area contributed by atoms with Gasteiger partial charge in [0, 0.05) is 19.3 Å². The van der Waals surface area contributed by atoms with Crippen LogP contribution in [-0.4, -0.2) is 27.0 Å². The Morgan fingerprint density at radius 2 is 2.46 bits per heavy atom. The van der Waals surface area contributed by atoms with Crippen LogP contribution in [0.25, 0.3) is 0 Å². The minimum absolute atomic E-state index is 0.252. The fourth-order valence-electron chi connectivity index (χ4n) is 0.918. The van der Waals surface area contributed by atoms with Crippen LogP contribution in [0.2, 0.25) is 5.02 Å². The van der Waals surface area contributed by atoms with Crippen molar-refractivity contribution in [2.75, 3.05) is 6.54 Å². The molecule has 1 aromatic rings. The van der Waals surface area contributed by atoms with Crippen LogP contribution >= 0.6 is 11.6 Å². The summed E-state index contributed by atoms with van der Waals surface area (Å²) in [6, 6.07) is 0. The lowest BCUT2D eigenvalue weighted by molar-refractivity contribution is 0.0543. The number of aryl methyl sites for hydroxylation is 1. The molecule has 1 rings (SSSR count). The van der Waals surface area contributed by atoms with Crippen LogP contribution in [0.1, 0.15) is 13.3 Å². The van der Waals surface area contributed by atoms with Crippen molar-refractivity contribution in [2.24, 2.45) is 5.73 Å². The number of halogens is 1. The molecule has 0 aliphatic heterocycles. The van der Waals surface area contributed by atoms with Gasteiger partial charge in [0.1, 0.15) is 0 Å². The van der Waals surface area contributed by atoms with Crippen molar-refractivity contribution >= 4 is 11.6 Å². The fourth-order valence-corrected chi connectivity index (χ4v) is 1.07. The molecule has 0 bridgehead atoms. The molecule has 0 radical (unpaired) electrons. The summed E-state index contributed by atoms with van der Waals surface area (Å²) in [5, 5.41) is 14.2. The van der Waals surface area contributed by atoms with E-state index in [4.69, 9.17) is 17.3 Å². The van der Waals surface area contributed by atoms with Gasteiger partial charge in [0.25, 0.3) is 0 Å². The number of hydrogen-bond donors (Lipinski definition) is 2. The van der Waals surface area contributed by atoms with Gasteiger partial charge >= 0.3 is 0 Å². The Balaban J connectivity index is 2.43. The van der Waals surface area contributed by atoms with Gasteiger partial charge in [-0.25, -0.2) is 0 Å². The summed E-state index contributed by atoms with van der Waals surface area (Å²) in [5.41, 5.74) is 4.55. The summed E-state index contributed by atoms with van der Waals surface area (Å²) in [7, 11) is 0. The molecule has 0 aromatic carbocycles. The smallest absolute Gasteiger partial charge is 0.0785 e. The second-order valence-corrected chi connectivity index (χ2v) is 3.81. The van der Waals surface area contributed by atoms with Gasteiger partial charge in [-0.15, -0.1) is 0 Å². The maximum atomic E-state index is 9.59. The number of aliphatic hydroxyl groups is 1.